The second-order valence-corrected chi connectivity index (χ2v) is 5.22. The van der Waals surface area contributed by atoms with Crippen LogP contribution in [-0.2, 0) is 4.79 Å². The number of nitrogens with zero attached hydrogens (tertiary/aromatic N) is 1. The van der Waals surface area contributed by atoms with Crippen LogP contribution in [0.15, 0.2) is 0 Å². The average Bonchev–Trinajstić information content (AvgIpc) is 2.11. The molecule has 0 spiro atoms. The summed E-state index contributed by atoms with van der Waals surface area (Å²) in [4.78, 5) is 13.1. The summed E-state index contributed by atoms with van der Waals surface area (Å²) in [5.74, 6) is -0.695. The lowest BCUT2D eigenvalue weighted by Gasteiger charge is -2.22. The minimum absolute atomic E-state index is 0.567. The fourth-order valence-electron chi connectivity index (χ4n) is 1.29. The quantitative estimate of drug-likeness (QED) is 0.664. The van der Waals surface area contributed by atoms with Gasteiger partial charge < -0.3 is 10.0 Å². The first-order valence-corrected chi connectivity index (χ1v) is 5.71. The molecule has 0 atom stereocenters. The zero-order chi connectivity index (χ0) is 12.1. The van der Waals surface area contributed by atoms with Crippen molar-refractivity contribution >= 4 is 5.97 Å². The first-order chi connectivity index (χ1) is 6.77. The number of carbonyl (C=O) groups is 1. The topological polar surface area (TPSA) is 40.5 Å². The largest absolute Gasteiger partial charge is 0.481 e. The molecule has 3 nitrogen and oxygen atoms in total. The van der Waals surface area contributed by atoms with Gasteiger partial charge in [-0.1, -0.05) is 6.42 Å². The van der Waals surface area contributed by atoms with Gasteiger partial charge in [-0.15, -0.1) is 0 Å². The van der Waals surface area contributed by atoms with Gasteiger partial charge in [-0.2, -0.15) is 0 Å². The van der Waals surface area contributed by atoms with Crippen molar-refractivity contribution in [2.75, 3.05) is 13.6 Å². The van der Waals surface area contributed by atoms with Gasteiger partial charge in [-0.25, -0.2) is 0 Å². The van der Waals surface area contributed by atoms with Gasteiger partial charge in [0.1, 0.15) is 0 Å². The molecule has 3 heteroatoms. The highest BCUT2D eigenvalue weighted by Crippen LogP contribution is 2.23. The van der Waals surface area contributed by atoms with E-state index in [9.17, 15) is 4.79 Å². The highest BCUT2D eigenvalue weighted by molar-refractivity contribution is 5.73. The average molecular weight is 215 g/mol. The molecule has 0 rings (SSSR count). The van der Waals surface area contributed by atoms with E-state index in [1.807, 2.05) is 0 Å². The number of hydrogen-bond donors (Lipinski definition) is 1. The Bertz CT molecular complexity index is 200. The zero-order valence-electron chi connectivity index (χ0n) is 10.7. The molecule has 0 aliphatic carbocycles. The van der Waals surface area contributed by atoms with Crippen LogP contribution in [0.4, 0.5) is 0 Å². The van der Waals surface area contributed by atoms with E-state index < -0.39 is 11.4 Å². The van der Waals surface area contributed by atoms with Crippen LogP contribution in [-0.4, -0.2) is 35.6 Å². The molecule has 90 valence electrons. The first-order valence-electron chi connectivity index (χ1n) is 5.71. The molecule has 0 aliphatic rings. The molecule has 0 bridgehead atoms. The van der Waals surface area contributed by atoms with Crippen molar-refractivity contribution in [3.05, 3.63) is 0 Å². The Balaban J connectivity index is 3.68. The molecule has 0 heterocycles. The Kier molecular flexibility index (Phi) is 5.88. The summed E-state index contributed by atoms with van der Waals surface area (Å²) in [6.45, 7) is 8.97. The highest BCUT2D eigenvalue weighted by atomic mass is 16.4. The van der Waals surface area contributed by atoms with Crippen LogP contribution in [0.1, 0.15) is 47.0 Å². The van der Waals surface area contributed by atoms with Crippen molar-refractivity contribution in [3.8, 4) is 0 Å². The summed E-state index contributed by atoms with van der Waals surface area (Å²) in [6.07, 6.45) is 2.82. The normalized spacial score (nSPS) is 12.5. The molecule has 0 aromatic carbocycles. The maximum Gasteiger partial charge on any atom is 0.309 e. The van der Waals surface area contributed by atoms with Crippen molar-refractivity contribution in [2.24, 2.45) is 5.41 Å². The van der Waals surface area contributed by atoms with Gasteiger partial charge in [0.15, 0.2) is 0 Å². The third-order valence-corrected chi connectivity index (χ3v) is 3.02. The van der Waals surface area contributed by atoms with E-state index in [0.717, 1.165) is 25.8 Å². The molecule has 1 N–H and O–H groups in total. The smallest absolute Gasteiger partial charge is 0.309 e. The zero-order valence-corrected chi connectivity index (χ0v) is 10.7. The van der Waals surface area contributed by atoms with Gasteiger partial charge in [0.2, 0.25) is 0 Å². The van der Waals surface area contributed by atoms with Crippen LogP contribution >= 0.6 is 0 Å². The molecule has 0 aromatic rings. The molecule has 0 aromatic heterocycles. The van der Waals surface area contributed by atoms with E-state index >= 15 is 0 Å². The molecule has 0 unspecified atom stereocenters. The monoisotopic (exact) mass is 215 g/mol. The van der Waals surface area contributed by atoms with Crippen molar-refractivity contribution < 1.29 is 9.90 Å². The Morgan fingerprint density at radius 1 is 1.33 bits per heavy atom. The minimum Gasteiger partial charge on any atom is -0.481 e. The molecule has 0 fully saturated rings. The summed E-state index contributed by atoms with van der Waals surface area (Å²) in [5.41, 5.74) is -0.573. The number of rotatable bonds is 7. The van der Waals surface area contributed by atoms with Crippen molar-refractivity contribution in [2.45, 2.75) is 53.0 Å². The van der Waals surface area contributed by atoms with Gasteiger partial charge in [-0.05, 0) is 54.1 Å². The van der Waals surface area contributed by atoms with Crippen LogP contribution in [0.5, 0.6) is 0 Å². The maximum atomic E-state index is 10.8. The van der Waals surface area contributed by atoms with Gasteiger partial charge in [0.05, 0.1) is 5.41 Å². The SMILES string of the molecule is CC(C)N(C)CCCCC(C)(C)C(=O)O. The lowest BCUT2D eigenvalue weighted by molar-refractivity contribution is -0.147. The fraction of sp³-hybridized carbons (Fsp3) is 0.917. The number of carboxylic acid groups (broad SMARTS) is 1. The number of carboxylic acids is 1. The third kappa shape index (κ3) is 5.78. The van der Waals surface area contributed by atoms with E-state index in [0.29, 0.717) is 6.04 Å². The molecule has 0 amide bonds. The second-order valence-electron chi connectivity index (χ2n) is 5.22. The van der Waals surface area contributed by atoms with E-state index in [1.165, 1.54) is 0 Å². The van der Waals surface area contributed by atoms with Crippen LogP contribution in [0, 0.1) is 5.41 Å². The Morgan fingerprint density at radius 2 is 1.87 bits per heavy atom. The predicted molar refractivity (Wildman–Crippen MR) is 63.0 cm³/mol. The highest BCUT2D eigenvalue weighted by Gasteiger charge is 2.25. The summed E-state index contributed by atoms with van der Waals surface area (Å²) in [6, 6.07) is 0.567. The van der Waals surface area contributed by atoms with Crippen LogP contribution < -0.4 is 0 Å². The summed E-state index contributed by atoms with van der Waals surface area (Å²) in [5, 5.41) is 8.93. The molecule has 0 saturated carbocycles. The fourth-order valence-corrected chi connectivity index (χ4v) is 1.29. The van der Waals surface area contributed by atoms with E-state index in [4.69, 9.17) is 5.11 Å². The molecular formula is C12H25NO2. The van der Waals surface area contributed by atoms with Crippen molar-refractivity contribution in [1.29, 1.82) is 0 Å². The number of unbranched alkanes of at least 4 members (excludes halogenated alkanes) is 1. The van der Waals surface area contributed by atoms with Gasteiger partial charge in [0.25, 0.3) is 0 Å². The van der Waals surface area contributed by atoms with E-state index in [1.54, 1.807) is 13.8 Å². The van der Waals surface area contributed by atoms with Gasteiger partial charge in [-0.3, -0.25) is 4.79 Å². The van der Waals surface area contributed by atoms with Gasteiger partial charge >= 0.3 is 5.97 Å². The van der Waals surface area contributed by atoms with Crippen LogP contribution in [0.25, 0.3) is 0 Å². The molecule has 0 radical (unpaired) electrons. The second kappa shape index (κ2) is 6.11. The standard InChI is InChI=1S/C12H25NO2/c1-10(2)13(5)9-7-6-8-12(3,4)11(14)15/h10H,6-9H2,1-5H3,(H,14,15). The lowest BCUT2D eigenvalue weighted by Crippen LogP contribution is -2.28. The summed E-state index contributed by atoms with van der Waals surface area (Å²) < 4.78 is 0. The Morgan fingerprint density at radius 3 is 2.27 bits per heavy atom. The maximum absolute atomic E-state index is 10.8. The van der Waals surface area contributed by atoms with Crippen molar-refractivity contribution in [3.63, 3.8) is 0 Å². The van der Waals surface area contributed by atoms with Crippen LogP contribution in [0.2, 0.25) is 0 Å². The summed E-state index contributed by atoms with van der Waals surface area (Å²) >= 11 is 0. The molecule has 15 heavy (non-hydrogen) atoms. The third-order valence-electron chi connectivity index (χ3n) is 3.02. The van der Waals surface area contributed by atoms with E-state index in [2.05, 4.69) is 25.8 Å². The molecular weight excluding hydrogens is 190 g/mol. The van der Waals surface area contributed by atoms with Gasteiger partial charge in [0, 0.05) is 6.04 Å². The van der Waals surface area contributed by atoms with Crippen molar-refractivity contribution in [1.82, 2.24) is 4.90 Å². The van der Waals surface area contributed by atoms with Crippen LogP contribution in [0.3, 0.4) is 0 Å². The predicted octanol–water partition coefficient (Wildman–Crippen LogP) is 2.61. The van der Waals surface area contributed by atoms with E-state index in [-0.39, 0.29) is 0 Å². The Labute approximate surface area is 93.5 Å². The minimum atomic E-state index is -0.695. The molecule has 0 saturated heterocycles. The number of aliphatic carboxylic acids is 1. The number of hydrogen-bond acceptors (Lipinski definition) is 2. The summed E-state index contributed by atoms with van der Waals surface area (Å²) in [7, 11) is 2.10. The molecule has 0 aliphatic heterocycles. The lowest BCUT2D eigenvalue weighted by atomic mass is 9.87. The first kappa shape index (κ1) is 14.4. The Hall–Kier alpha value is -0.570.